The number of rotatable bonds is 3. The zero-order chi connectivity index (χ0) is 39.8. The average Bonchev–Trinajstić information content (AvgIpc) is 3.44. The Hall–Kier alpha value is -4.71. The Morgan fingerprint density at radius 1 is 0.685 bits per heavy atom. The lowest BCUT2D eigenvalue weighted by molar-refractivity contribution is -0.143. The van der Waals surface area contributed by atoms with Crippen molar-refractivity contribution in [2.75, 3.05) is 9.80 Å². The Morgan fingerprint density at radius 2 is 1.20 bits per heavy atom. The number of amides is 4. The molecule has 0 unspecified atom stereocenters. The highest BCUT2D eigenvalue weighted by molar-refractivity contribution is 6.58. The van der Waals surface area contributed by atoms with Crippen LogP contribution < -0.4 is 9.80 Å². The second-order valence-corrected chi connectivity index (χ2v) is 14.3. The zero-order valence-electron chi connectivity index (χ0n) is 26.2. The predicted octanol–water partition coefficient (Wildman–Crippen LogP) is 7.89. The molecule has 3 aromatic carbocycles. The number of hydrogen-bond acceptors (Lipinski definition) is 5. The molecule has 4 amide bonds. The van der Waals surface area contributed by atoms with Crippen LogP contribution in [0.1, 0.15) is 35.4 Å². The zero-order valence-corrected chi connectivity index (χ0v) is 27.7. The summed E-state index contributed by atoms with van der Waals surface area (Å²) >= 11 is 13.9. The van der Waals surface area contributed by atoms with Gasteiger partial charge in [0.1, 0.15) is 11.4 Å². The molecule has 2 aliphatic heterocycles. The molecule has 0 radical (unpaired) electrons. The molecule has 3 fully saturated rings. The molecule has 4 aliphatic rings. The number of halogens is 13. The summed E-state index contributed by atoms with van der Waals surface area (Å²) in [6, 6.07) is 4.55. The fourth-order valence-electron chi connectivity index (χ4n) is 7.93. The van der Waals surface area contributed by atoms with Crippen LogP contribution in [0.2, 0.25) is 0 Å². The predicted molar refractivity (Wildman–Crippen MR) is 163 cm³/mol. The maximum absolute atomic E-state index is 15.1. The molecule has 1 N–H and O–H groups in total. The second-order valence-electron chi connectivity index (χ2n) is 13.1. The molecule has 6 atom stereocenters. The highest BCUT2D eigenvalue weighted by Gasteiger charge is 2.77. The van der Waals surface area contributed by atoms with Gasteiger partial charge in [0.25, 0.3) is 11.8 Å². The number of phenols is 1. The van der Waals surface area contributed by atoms with E-state index in [2.05, 4.69) is 0 Å². The number of nitrogens with zero attached hydrogens (tertiary/aromatic N) is 2. The molecule has 0 bridgehead atoms. The lowest BCUT2D eigenvalue weighted by atomic mass is 9.56. The smallest absolute Gasteiger partial charge is 0.416 e. The first-order valence-corrected chi connectivity index (χ1v) is 16.2. The summed E-state index contributed by atoms with van der Waals surface area (Å²) in [4.78, 5) is 50.2. The molecule has 0 aromatic heterocycles. The van der Waals surface area contributed by atoms with Gasteiger partial charge in [0.15, 0.2) is 33.0 Å². The van der Waals surface area contributed by atoms with Crippen molar-refractivity contribution in [2.45, 2.75) is 40.9 Å². The van der Waals surface area contributed by atoms with Gasteiger partial charge in [-0.3, -0.25) is 19.2 Å². The molecule has 3 aromatic rings. The van der Waals surface area contributed by atoms with Crippen molar-refractivity contribution in [2.24, 2.45) is 17.8 Å². The molecule has 284 valence electrons. The summed E-state index contributed by atoms with van der Waals surface area (Å²) in [5, 5.41) is 9.96. The van der Waals surface area contributed by atoms with Crippen LogP contribution in [-0.2, 0) is 31.5 Å². The van der Waals surface area contributed by atoms with Crippen molar-refractivity contribution in [3.05, 3.63) is 99.9 Å². The van der Waals surface area contributed by atoms with E-state index in [1.807, 2.05) is 0 Å². The SMILES string of the molecule is O=C1[C@H]2[C@H](CC=C3[C@H]2C[C@@]2(Cl)C(=O)N(c4c(F)c(F)c(F)c(F)c4F)C(=O)[C@@]2(Cl)[C@H]3c2ccc(O)cc2)C(=O)N1c1cc(C(F)(F)F)cc(C(F)(F)F)c1. The summed E-state index contributed by atoms with van der Waals surface area (Å²) in [6.45, 7) is 0. The molecule has 7 rings (SSSR count). The van der Waals surface area contributed by atoms with E-state index >= 15 is 8.78 Å². The Morgan fingerprint density at radius 3 is 1.72 bits per heavy atom. The normalized spacial score (nSPS) is 28.4. The summed E-state index contributed by atoms with van der Waals surface area (Å²) in [7, 11) is 0. The van der Waals surface area contributed by atoms with E-state index in [1.165, 1.54) is 6.08 Å². The highest BCUT2D eigenvalue weighted by atomic mass is 35.5. The third-order valence-electron chi connectivity index (χ3n) is 10.3. The van der Waals surface area contributed by atoms with E-state index in [0.717, 1.165) is 24.3 Å². The Kier molecular flexibility index (Phi) is 8.28. The van der Waals surface area contributed by atoms with Gasteiger partial charge in [-0.15, -0.1) is 23.2 Å². The minimum Gasteiger partial charge on any atom is -0.508 e. The highest BCUT2D eigenvalue weighted by Crippen LogP contribution is 2.66. The molecule has 0 spiro atoms. The van der Waals surface area contributed by atoms with Gasteiger partial charge in [0.05, 0.1) is 28.7 Å². The summed E-state index contributed by atoms with van der Waals surface area (Å²) in [6.07, 6.45) is -10.9. The summed E-state index contributed by atoms with van der Waals surface area (Å²) in [5.41, 5.74) is -6.92. The van der Waals surface area contributed by atoms with E-state index in [4.69, 9.17) is 23.2 Å². The first-order chi connectivity index (χ1) is 25.0. The van der Waals surface area contributed by atoms with E-state index in [9.17, 15) is 63.8 Å². The number of allylic oxidation sites excluding steroid dienone is 2. The van der Waals surface area contributed by atoms with Crippen molar-refractivity contribution >= 4 is 58.2 Å². The standard InChI is InChI=1S/C34H17Cl2F11N2O5/c35-31-10-18-16(5-6-17-19(18)28(52)48(27(17)51)14-8-12(33(42,43)44)7-13(9-14)34(45,46)47)20(11-1-3-15(50)4-2-11)32(31,36)30(54)49(29(31)53)26-24(40)22(38)21(37)23(39)25(26)41/h1-5,7-9,17-20,50H,6,10H2/t17-,18+,19-,20-,31+,32-/m0/s1. The van der Waals surface area contributed by atoms with Crippen molar-refractivity contribution in [1.82, 2.24) is 0 Å². The first kappa shape index (κ1) is 37.6. The van der Waals surface area contributed by atoms with Crippen molar-refractivity contribution in [1.29, 1.82) is 0 Å². The summed E-state index contributed by atoms with van der Waals surface area (Å²) in [5.74, 6) is -25.9. The minimum absolute atomic E-state index is 0.0448. The van der Waals surface area contributed by atoms with Crippen LogP contribution in [0.3, 0.4) is 0 Å². The molecule has 7 nitrogen and oxygen atoms in total. The van der Waals surface area contributed by atoms with E-state index in [0.29, 0.717) is 0 Å². The van der Waals surface area contributed by atoms with Gasteiger partial charge in [-0.1, -0.05) is 23.8 Å². The number of imide groups is 2. The number of anilines is 2. The van der Waals surface area contributed by atoms with Crippen LogP contribution in [0.25, 0.3) is 0 Å². The first-order valence-electron chi connectivity index (χ1n) is 15.4. The Bertz CT molecular complexity index is 2180. The molecular formula is C34H17Cl2F11N2O5. The second kappa shape index (κ2) is 11.9. The fraction of sp³-hybridized carbons (Fsp3) is 0.294. The van der Waals surface area contributed by atoms with Gasteiger partial charge in [0.2, 0.25) is 17.6 Å². The van der Waals surface area contributed by atoms with E-state index in [1.54, 1.807) is 0 Å². The number of phenolic OH excluding ortho intramolecular Hbond substituents is 1. The van der Waals surface area contributed by atoms with Crippen LogP contribution in [-0.4, -0.2) is 38.5 Å². The molecular weight excluding hydrogens is 796 g/mol. The van der Waals surface area contributed by atoms with Gasteiger partial charge >= 0.3 is 12.4 Å². The van der Waals surface area contributed by atoms with E-state index < -0.39 is 139 Å². The topological polar surface area (TPSA) is 95.0 Å². The average molecular weight is 813 g/mol. The number of fused-ring (bicyclic) bond motifs is 4. The van der Waals surface area contributed by atoms with Crippen LogP contribution in [0.5, 0.6) is 5.75 Å². The lowest BCUT2D eigenvalue weighted by Crippen LogP contribution is -2.60. The maximum atomic E-state index is 15.1. The lowest BCUT2D eigenvalue weighted by Gasteiger charge is -2.50. The number of hydrogen-bond donors (Lipinski definition) is 1. The van der Waals surface area contributed by atoms with Crippen molar-refractivity contribution in [3.63, 3.8) is 0 Å². The number of carbonyl (C=O) groups excluding carboxylic acids is 4. The number of aromatic hydroxyl groups is 1. The number of carbonyl (C=O) groups is 4. The molecule has 54 heavy (non-hydrogen) atoms. The van der Waals surface area contributed by atoms with Gasteiger partial charge in [-0.25, -0.2) is 31.8 Å². The van der Waals surface area contributed by atoms with Gasteiger partial charge in [0, 0.05) is 5.92 Å². The Balaban J connectivity index is 1.40. The van der Waals surface area contributed by atoms with Crippen LogP contribution in [0, 0.1) is 46.8 Å². The third kappa shape index (κ3) is 5.00. The van der Waals surface area contributed by atoms with Gasteiger partial charge in [-0.2, -0.15) is 26.3 Å². The molecule has 20 heteroatoms. The quantitative estimate of drug-likeness (QED) is 0.0726. The number of alkyl halides is 8. The minimum atomic E-state index is -5.37. The Labute approximate surface area is 304 Å². The monoisotopic (exact) mass is 812 g/mol. The van der Waals surface area contributed by atoms with Crippen LogP contribution in [0.15, 0.2) is 54.1 Å². The molecule has 2 saturated heterocycles. The van der Waals surface area contributed by atoms with Crippen molar-refractivity contribution < 1.29 is 72.6 Å². The van der Waals surface area contributed by atoms with E-state index in [-0.39, 0.29) is 40.0 Å². The molecule has 1 saturated carbocycles. The van der Waals surface area contributed by atoms with Crippen LogP contribution in [0.4, 0.5) is 59.7 Å². The van der Waals surface area contributed by atoms with Crippen molar-refractivity contribution in [3.8, 4) is 5.75 Å². The summed E-state index contributed by atoms with van der Waals surface area (Å²) < 4.78 is 155. The van der Waals surface area contributed by atoms with Crippen LogP contribution >= 0.6 is 23.2 Å². The number of benzene rings is 3. The fourth-order valence-corrected chi connectivity index (χ4v) is 8.86. The molecule has 2 aliphatic carbocycles. The van der Waals surface area contributed by atoms with Gasteiger partial charge < -0.3 is 5.11 Å². The van der Waals surface area contributed by atoms with Gasteiger partial charge in [-0.05, 0) is 54.7 Å². The maximum Gasteiger partial charge on any atom is 0.416 e. The third-order valence-corrected chi connectivity index (χ3v) is 11.7. The molecule has 2 heterocycles. The largest absolute Gasteiger partial charge is 0.508 e.